The number of fused-ring (bicyclic) bond motifs is 1. The van der Waals surface area contributed by atoms with Gasteiger partial charge in [0, 0.05) is 12.2 Å². The molecule has 5 nitrogen and oxygen atoms in total. The molecule has 0 spiro atoms. The van der Waals surface area contributed by atoms with E-state index >= 15 is 0 Å². The van der Waals surface area contributed by atoms with Gasteiger partial charge in [-0.2, -0.15) is 0 Å². The molecule has 0 aromatic heterocycles. The predicted octanol–water partition coefficient (Wildman–Crippen LogP) is 1.53. The van der Waals surface area contributed by atoms with Crippen LogP contribution in [0.2, 0.25) is 0 Å². The van der Waals surface area contributed by atoms with E-state index in [1.54, 1.807) is 11.8 Å². The predicted molar refractivity (Wildman–Crippen MR) is 70.1 cm³/mol. The highest BCUT2D eigenvalue weighted by Gasteiger charge is 2.21. The van der Waals surface area contributed by atoms with E-state index in [1.165, 1.54) is 6.08 Å². The van der Waals surface area contributed by atoms with E-state index < -0.39 is 5.97 Å². The summed E-state index contributed by atoms with van der Waals surface area (Å²) in [5.74, 6) is -0.104. The molecular weight excluding hydrogens is 246 g/mol. The Morgan fingerprint density at radius 2 is 2.16 bits per heavy atom. The topological polar surface area (TPSA) is 55.8 Å². The summed E-state index contributed by atoms with van der Waals surface area (Å²) in [4.78, 5) is 24.8. The Morgan fingerprint density at radius 1 is 1.37 bits per heavy atom. The number of para-hydroxylation sites is 2. The largest absolute Gasteiger partial charge is 0.490 e. The molecule has 19 heavy (non-hydrogen) atoms. The second-order valence-corrected chi connectivity index (χ2v) is 3.89. The molecule has 5 heteroatoms. The molecule has 0 unspecified atom stereocenters. The number of anilines is 1. The van der Waals surface area contributed by atoms with E-state index in [9.17, 15) is 9.59 Å². The van der Waals surface area contributed by atoms with Crippen LogP contribution in [0.25, 0.3) is 0 Å². The molecule has 0 saturated heterocycles. The number of amides is 1. The highest BCUT2D eigenvalue weighted by Crippen LogP contribution is 2.30. The minimum absolute atomic E-state index is 0.260. The zero-order valence-electron chi connectivity index (χ0n) is 10.7. The molecule has 1 aliphatic rings. The molecule has 0 bridgehead atoms. The first kappa shape index (κ1) is 13.1. The fourth-order valence-corrected chi connectivity index (χ4v) is 1.82. The van der Waals surface area contributed by atoms with Gasteiger partial charge < -0.3 is 14.4 Å². The third-order valence-electron chi connectivity index (χ3n) is 2.64. The van der Waals surface area contributed by atoms with Crippen LogP contribution in [-0.2, 0) is 14.3 Å². The summed E-state index contributed by atoms with van der Waals surface area (Å²) >= 11 is 0. The Balaban J connectivity index is 2.11. The summed E-state index contributed by atoms with van der Waals surface area (Å²) < 4.78 is 10.2. The van der Waals surface area contributed by atoms with E-state index in [-0.39, 0.29) is 12.5 Å². The van der Waals surface area contributed by atoms with E-state index in [2.05, 4.69) is 0 Å². The number of hydrogen-bond donors (Lipinski definition) is 0. The van der Waals surface area contributed by atoms with Crippen LogP contribution < -0.4 is 9.64 Å². The monoisotopic (exact) mass is 261 g/mol. The summed E-state index contributed by atoms with van der Waals surface area (Å²) in [5, 5.41) is 0. The Bertz CT molecular complexity index is 510. The molecule has 1 aromatic carbocycles. The number of nitrogens with zero attached hydrogens (tertiary/aromatic N) is 1. The van der Waals surface area contributed by atoms with Crippen LogP contribution in [-0.4, -0.2) is 31.6 Å². The maximum absolute atomic E-state index is 12.0. The average Bonchev–Trinajstić information content (AvgIpc) is 2.44. The second-order valence-electron chi connectivity index (χ2n) is 3.89. The molecule has 1 aliphatic heterocycles. The fourth-order valence-electron chi connectivity index (χ4n) is 1.82. The third kappa shape index (κ3) is 3.13. The van der Waals surface area contributed by atoms with Crippen LogP contribution in [0.4, 0.5) is 5.69 Å². The van der Waals surface area contributed by atoms with Crippen molar-refractivity contribution in [2.24, 2.45) is 0 Å². The highest BCUT2D eigenvalue weighted by molar-refractivity contribution is 6.05. The van der Waals surface area contributed by atoms with E-state index in [4.69, 9.17) is 9.47 Å². The highest BCUT2D eigenvalue weighted by atomic mass is 16.5. The van der Waals surface area contributed by atoms with Gasteiger partial charge in [-0.15, -0.1) is 0 Å². The molecule has 0 atom stereocenters. The quantitative estimate of drug-likeness (QED) is 0.611. The van der Waals surface area contributed by atoms with Gasteiger partial charge in [0.2, 0.25) is 0 Å². The zero-order chi connectivity index (χ0) is 13.7. The summed E-state index contributed by atoms with van der Waals surface area (Å²) in [5.41, 5.74) is 0.715. The first-order valence-electron chi connectivity index (χ1n) is 6.10. The van der Waals surface area contributed by atoms with Crippen molar-refractivity contribution in [1.29, 1.82) is 0 Å². The lowest BCUT2D eigenvalue weighted by Gasteiger charge is -2.28. The van der Waals surface area contributed by atoms with Crippen LogP contribution in [0.1, 0.15) is 6.92 Å². The Hall–Kier alpha value is -2.30. The average molecular weight is 261 g/mol. The minimum Gasteiger partial charge on any atom is -0.490 e. The van der Waals surface area contributed by atoms with Crippen LogP contribution >= 0.6 is 0 Å². The second kappa shape index (κ2) is 6.04. The van der Waals surface area contributed by atoms with Crippen LogP contribution in [0, 0.1) is 0 Å². The smallest absolute Gasteiger partial charge is 0.330 e. The molecular formula is C14H15NO4. The fraction of sp³-hybridized carbons (Fsp3) is 0.286. The Kier molecular flexibility index (Phi) is 4.18. The molecule has 2 rings (SSSR count). The molecule has 1 heterocycles. The molecule has 0 saturated carbocycles. The first-order valence-corrected chi connectivity index (χ1v) is 6.10. The summed E-state index contributed by atoms with van der Waals surface area (Å²) in [6, 6.07) is 7.30. The van der Waals surface area contributed by atoms with Crippen molar-refractivity contribution in [3.8, 4) is 5.75 Å². The molecule has 1 amide bonds. The molecule has 0 aliphatic carbocycles. The first-order chi connectivity index (χ1) is 9.22. The Labute approximate surface area is 111 Å². The van der Waals surface area contributed by atoms with Crippen LogP contribution in [0.3, 0.4) is 0 Å². The number of carbonyl (C=O) groups excluding carboxylic acids is 2. The number of carbonyl (C=O) groups is 2. The van der Waals surface area contributed by atoms with Gasteiger partial charge in [-0.3, -0.25) is 4.79 Å². The van der Waals surface area contributed by atoms with E-state index in [0.29, 0.717) is 24.6 Å². The van der Waals surface area contributed by atoms with Crippen LogP contribution in [0.15, 0.2) is 36.4 Å². The molecule has 1 aromatic rings. The van der Waals surface area contributed by atoms with Crippen LogP contribution in [0.5, 0.6) is 5.75 Å². The summed E-state index contributed by atoms with van der Waals surface area (Å²) in [6.45, 7) is 2.91. The van der Waals surface area contributed by atoms with Crippen molar-refractivity contribution < 1.29 is 19.1 Å². The minimum atomic E-state index is -0.516. The molecule has 0 radical (unpaired) electrons. The van der Waals surface area contributed by atoms with Crippen molar-refractivity contribution in [3.63, 3.8) is 0 Å². The maximum Gasteiger partial charge on any atom is 0.330 e. The van der Waals surface area contributed by atoms with Crippen molar-refractivity contribution >= 4 is 17.6 Å². The van der Waals surface area contributed by atoms with Crippen molar-refractivity contribution in [2.75, 3.05) is 24.7 Å². The lowest BCUT2D eigenvalue weighted by Crippen LogP contribution is -2.36. The van der Waals surface area contributed by atoms with E-state index in [0.717, 1.165) is 6.08 Å². The van der Waals surface area contributed by atoms with Gasteiger partial charge in [0.15, 0.2) is 0 Å². The standard InChI is InChI=1S/C14H15NO4/c1-2-18-14(17)8-7-13(16)15-9-10-19-12-6-4-3-5-11(12)15/h3-8H,2,9-10H2,1H3. The number of ether oxygens (including phenoxy) is 2. The lowest BCUT2D eigenvalue weighted by atomic mass is 10.2. The third-order valence-corrected chi connectivity index (χ3v) is 2.64. The SMILES string of the molecule is CCOC(=O)C=CC(=O)N1CCOc2ccccc21. The normalized spacial score (nSPS) is 13.8. The van der Waals surface area contributed by atoms with Gasteiger partial charge in [-0.1, -0.05) is 12.1 Å². The van der Waals surface area contributed by atoms with Gasteiger partial charge in [-0.25, -0.2) is 4.79 Å². The molecule has 100 valence electrons. The maximum atomic E-state index is 12.0. The molecule has 0 N–H and O–H groups in total. The molecule has 0 fully saturated rings. The van der Waals surface area contributed by atoms with Crippen molar-refractivity contribution in [2.45, 2.75) is 6.92 Å². The Morgan fingerprint density at radius 3 is 2.95 bits per heavy atom. The van der Waals surface area contributed by atoms with Gasteiger partial charge in [0.25, 0.3) is 5.91 Å². The van der Waals surface area contributed by atoms with Gasteiger partial charge in [0.1, 0.15) is 12.4 Å². The van der Waals surface area contributed by atoms with Gasteiger partial charge in [0.05, 0.1) is 18.8 Å². The number of hydrogen-bond acceptors (Lipinski definition) is 4. The van der Waals surface area contributed by atoms with Gasteiger partial charge >= 0.3 is 5.97 Å². The zero-order valence-corrected chi connectivity index (χ0v) is 10.7. The van der Waals surface area contributed by atoms with Crippen molar-refractivity contribution in [1.82, 2.24) is 0 Å². The van der Waals surface area contributed by atoms with E-state index in [1.807, 2.05) is 24.3 Å². The number of benzene rings is 1. The van der Waals surface area contributed by atoms with Crippen molar-refractivity contribution in [3.05, 3.63) is 36.4 Å². The van der Waals surface area contributed by atoms with Gasteiger partial charge in [-0.05, 0) is 19.1 Å². The number of esters is 1. The number of rotatable bonds is 3. The summed E-state index contributed by atoms with van der Waals surface area (Å²) in [6.07, 6.45) is 2.37. The lowest BCUT2D eigenvalue weighted by molar-refractivity contribution is -0.137. The summed E-state index contributed by atoms with van der Waals surface area (Å²) in [7, 11) is 0.